The second-order valence-corrected chi connectivity index (χ2v) is 5.45. The van der Waals surface area contributed by atoms with Gasteiger partial charge in [0.2, 0.25) is 0 Å². The first kappa shape index (κ1) is 13.7. The number of aryl methyl sites for hydroxylation is 2. The molecule has 1 fully saturated rings. The number of nitrogens with zero attached hydrogens (tertiary/aromatic N) is 5. The summed E-state index contributed by atoms with van der Waals surface area (Å²) in [4.78, 5) is 20.0. The van der Waals surface area contributed by atoms with Crippen molar-refractivity contribution in [2.24, 2.45) is 0 Å². The lowest BCUT2D eigenvalue weighted by molar-refractivity contribution is 0.705. The number of hydrogen-bond donors (Lipinski definition) is 1. The van der Waals surface area contributed by atoms with Gasteiger partial charge < -0.3 is 10.2 Å². The zero-order valence-electron chi connectivity index (χ0n) is 12.7. The molecule has 1 aliphatic rings. The van der Waals surface area contributed by atoms with Gasteiger partial charge >= 0.3 is 0 Å². The highest BCUT2D eigenvalue weighted by molar-refractivity contribution is 5.42. The molecule has 1 N–H and O–H groups in total. The lowest BCUT2D eigenvalue weighted by atomic mass is 10.1. The van der Waals surface area contributed by atoms with E-state index in [1.807, 2.05) is 33.0 Å². The summed E-state index contributed by atoms with van der Waals surface area (Å²) in [7, 11) is 1.89. The largest absolute Gasteiger partial charge is 0.373 e. The summed E-state index contributed by atoms with van der Waals surface area (Å²) in [5.74, 6) is 3.15. The normalized spacial score (nSPS) is 18.0. The van der Waals surface area contributed by atoms with Crippen LogP contribution in [0.2, 0.25) is 0 Å². The van der Waals surface area contributed by atoms with Crippen molar-refractivity contribution in [3.63, 3.8) is 0 Å². The summed E-state index contributed by atoms with van der Waals surface area (Å²) in [5, 5.41) is 3.10. The monoisotopic (exact) mass is 284 g/mol. The third-order valence-corrected chi connectivity index (χ3v) is 3.79. The van der Waals surface area contributed by atoms with Crippen LogP contribution in [-0.4, -0.2) is 40.1 Å². The van der Waals surface area contributed by atoms with Crippen LogP contribution < -0.4 is 10.2 Å². The van der Waals surface area contributed by atoms with E-state index in [4.69, 9.17) is 0 Å². The molecular formula is C15H20N6. The van der Waals surface area contributed by atoms with Crippen molar-refractivity contribution in [3.05, 3.63) is 35.7 Å². The van der Waals surface area contributed by atoms with Gasteiger partial charge in [0.05, 0.1) is 0 Å². The van der Waals surface area contributed by atoms with Crippen LogP contribution in [0.25, 0.3) is 0 Å². The quantitative estimate of drug-likeness (QED) is 0.929. The zero-order chi connectivity index (χ0) is 14.8. The number of hydrogen-bond acceptors (Lipinski definition) is 6. The van der Waals surface area contributed by atoms with Crippen LogP contribution in [0.1, 0.15) is 29.6 Å². The molecule has 1 aliphatic heterocycles. The molecule has 2 aromatic rings. The summed E-state index contributed by atoms with van der Waals surface area (Å²) < 4.78 is 0. The van der Waals surface area contributed by atoms with Gasteiger partial charge in [0, 0.05) is 49.6 Å². The van der Waals surface area contributed by atoms with Gasteiger partial charge in [-0.3, -0.25) is 0 Å². The van der Waals surface area contributed by atoms with E-state index in [1.165, 1.54) is 0 Å². The molecule has 3 rings (SSSR count). The first-order valence-corrected chi connectivity index (χ1v) is 7.22. The van der Waals surface area contributed by atoms with E-state index in [-0.39, 0.29) is 0 Å². The van der Waals surface area contributed by atoms with E-state index in [0.717, 1.165) is 48.4 Å². The first-order chi connectivity index (χ1) is 10.2. The Balaban J connectivity index is 1.79. The van der Waals surface area contributed by atoms with Crippen molar-refractivity contribution in [2.75, 3.05) is 30.4 Å². The maximum absolute atomic E-state index is 4.60. The molecule has 21 heavy (non-hydrogen) atoms. The van der Waals surface area contributed by atoms with Crippen molar-refractivity contribution in [1.29, 1.82) is 0 Å². The standard InChI is InChI=1S/C15H20N6/c1-10-7-14(18-9-17-10)21-5-4-12(8-21)15-19-11(2)6-13(16-3)20-15/h6-7,9,12H,4-5,8H2,1-3H3,(H,16,19,20). The van der Waals surface area contributed by atoms with E-state index in [1.54, 1.807) is 6.33 Å². The maximum atomic E-state index is 4.60. The number of aromatic nitrogens is 4. The minimum absolute atomic E-state index is 0.354. The van der Waals surface area contributed by atoms with Crippen LogP contribution in [0, 0.1) is 13.8 Å². The molecule has 0 aromatic carbocycles. The Bertz CT molecular complexity index is 642. The average Bonchev–Trinajstić information content (AvgIpc) is 2.96. The fourth-order valence-electron chi connectivity index (χ4n) is 2.69. The van der Waals surface area contributed by atoms with E-state index in [2.05, 4.69) is 30.2 Å². The number of rotatable bonds is 3. The van der Waals surface area contributed by atoms with Crippen molar-refractivity contribution in [2.45, 2.75) is 26.2 Å². The molecule has 1 unspecified atom stereocenters. The summed E-state index contributed by atoms with van der Waals surface area (Å²) in [5.41, 5.74) is 1.99. The van der Waals surface area contributed by atoms with Crippen molar-refractivity contribution in [3.8, 4) is 0 Å². The fourth-order valence-corrected chi connectivity index (χ4v) is 2.69. The molecule has 110 valence electrons. The molecule has 1 atom stereocenters. The Hall–Kier alpha value is -2.24. The van der Waals surface area contributed by atoms with Gasteiger partial charge in [0.15, 0.2) is 0 Å². The third-order valence-electron chi connectivity index (χ3n) is 3.79. The maximum Gasteiger partial charge on any atom is 0.135 e. The molecular weight excluding hydrogens is 264 g/mol. The highest BCUT2D eigenvalue weighted by atomic mass is 15.2. The van der Waals surface area contributed by atoms with E-state index in [0.29, 0.717) is 5.92 Å². The van der Waals surface area contributed by atoms with Gasteiger partial charge in [-0.15, -0.1) is 0 Å². The van der Waals surface area contributed by atoms with Crippen LogP contribution in [0.5, 0.6) is 0 Å². The van der Waals surface area contributed by atoms with Crippen molar-refractivity contribution >= 4 is 11.6 Å². The SMILES string of the molecule is CNc1cc(C)nc(C2CCN(c3cc(C)ncn3)C2)n1. The molecule has 0 spiro atoms. The lowest BCUT2D eigenvalue weighted by Gasteiger charge is -2.17. The second-order valence-electron chi connectivity index (χ2n) is 5.45. The Morgan fingerprint density at radius 1 is 1.14 bits per heavy atom. The first-order valence-electron chi connectivity index (χ1n) is 7.22. The zero-order valence-corrected chi connectivity index (χ0v) is 12.7. The highest BCUT2D eigenvalue weighted by Crippen LogP contribution is 2.28. The highest BCUT2D eigenvalue weighted by Gasteiger charge is 2.27. The van der Waals surface area contributed by atoms with Crippen molar-refractivity contribution < 1.29 is 0 Å². The summed E-state index contributed by atoms with van der Waals surface area (Å²) in [6.45, 7) is 5.88. The van der Waals surface area contributed by atoms with Crippen LogP contribution in [0.4, 0.5) is 11.6 Å². The van der Waals surface area contributed by atoms with Crippen LogP contribution in [0.3, 0.4) is 0 Å². The number of nitrogens with one attached hydrogen (secondary N) is 1. The lowest BCUT2D eigenvalue weighted by Crippen LogP contribution is -2.21. The molecule has 3 heterocycles. The van der Waals surface area contributed by atoms with E-state index >= 15 is 0 Å². The minimum Gasteiger partial charge on any atom is -0.373 e. The van der Waals surface area contributed by atoms with Crippen LogP contribution in [-0.2, 0) is 0 Å². The van der Waals surface area contributed by atoms with Crippen LogP contribution in [0.15, 0.2) is 18.5 Å². The van der Waals surface area contributed by atoms with Gasteiger partial charge in [-0.05, 0) is 20.3 Å². The molecule has 0 radical (unpaired) electrons. The predicted molar refractivity (Wildman–Crippen MR) is 82.7 cm³/mol. The summed E-state index contributed by atoms with van der Waals surface area (Å²) in [6, 6.07) is 3.99. The Kier molecular flexibility index (Phi) is 3.68. The van der Waals surface area contributed by atoms with E-state index in [9.17, 15) is 0 Å². The van der Waals surface area contributed by atoms with Gasteiger partial charge in [0.25, 0.3) is 0 Å². The van der Waals surface area contributed by atoms with E-state index < -0.39 is 0 Å². The molecule has 6 heteroatoms. The molecule has 2 aromatic heterocycles. The van der Waals surface area contributed by atoms with Gasteiger partial charge in [-0.2, -0.15) is 0 Å². The van der Waals surface area contributed by atoms with Gasteiger partial charge in [0.1, 0.15) is 23.8 Å². The Morgan fingerprint density at radius 2 is 2.00 bits per heavy atom. The fraction of sp³-hybridized carbons (Fsp3) is 0.467. The molecule has 0 aliphatic carbocycles. The van der Waals surface area contributed by atoms with Crippen LogP contribution >= 0.6 is 0 Å². The molecule has 1 saturated heterocycles. The minimum atomic E-state index is 0.354. The molecule has 0 bridgehead atoms. The molecule has 0 amide bonds. The Labute approximate surface area is 124 Å². The molecule has 0 saturated carbocycles. The predicted octanol–water partition coefficient (Wildman–Crippen LogP) is 1.92. The smallest absolute Gasteiger partial charge is 0.135 e. The van der Waals surface area contributed by atoms with Gasteiger partial charge in [-0.1, -0.05) is 0 Å². The summed E-state index contributed by atoms with van der Waals surface area (Å²) >= 11 is 0. The average molecular weight is 284 g/mol. The summed E-state index contributed by atoms with van der Waals surface area (Å²) in [6.07, 6.45) is 2.68. The van der Waals surface area contributed by atoms with Gasteiger partial charge in [-0.25, -0.2) is 19.9 Å². The number of anilines is 2. The van der Waals surface area contributed by atoms with Crippen molar-refractivity contribution in [1.82, 2.24) is 19.9 Å². The topological polar surface area (TPSA) is 66.8 Å². The molecule has 6 nitrogen and oxygen atoms in total. The second kappa shape index (κ2) is 5.63. The third kappa shape index (κ3) is 2.94. The Morgan fingerprint density at radius 3 is 2.76 bits per heavy atom.